The molecule has 3 N–H and O–H groups in total. The van der Waals surface area contributed by atoms with Gasteiger partial charge < -0.3 is 24.9 Å². The molecule has 0 spiro atoms. The molecule has 2 heterocycles. The largest absolute Gasteiger partial charge is 0.497 e. The second-order valence-corrected chi connectivity index (χ2v) is 17.9. The van der Waals surface area contributed by atoms with Gasteiger partial charge in [0.2, 0.25) is 5.82 Å². The summed E-state index contributed by atoms with van der Waals surface area (Å²) < 4.78 is 71.0. The molecule has 0 unspecified atom stereocenters. The molecule has 0 atom stereocenters. The maximum absolute atomic E-state index is 14.7. The number of fused-ring (bicyclic) bond motifs is 2. The first-order chi connectivity index (χ1) is 31.3. The smallest absolute Gasteiger partial charge is 0.364 e. The molecule has 8 rings (SSSR count). The van der Waals surface area contributed by atoms with E-state index in [0.717, 1.165) is 12.1 Å². The molecule has 0 amide bonds. The highest BCUT2D eigenvalue weighted by molar-refractivity contribution is 7.93. The van der Waals surface area contributed by atoms with Crippen LogP contribution in [0.5, 0.6) is 11.5 Å². The Kier molecular flexibility index (Phi) is 12.2. The summed E-state index contributed by atoms with van der Waals surface area (Å²) in [6.07, 6.45) is 0. The van der Waals surface area contributed by atoms with Crippen molar-refractivity contribution in [3.63, 3.8) is 0 Å². The van der Waals surface area contributed by atoms with Crippen LogP contribution in [0.15, 0.2) is 143 Å². The van der Waals surface area contributed by atoms with Crippen molar-refractivity contribution in [2.45, 2.75) is 9.79 Å². The zero-order valence-electron chi connectivity index (χ0n) is 33.7. The Morgan fingerprint density at radius 3 is 1.72 bits per heavy atom. The van der Waals surface area contributed by atoms with Gasteiger partial charge in [0.25, 0.3) is 20.0 Å². The first kappa shape index (κ1) is 43.9. The molecule has 0 saturated carbocycles. The Bertz CT molecular complexity index is 3450. The number of methoxy groups -OCH3 is 2. The molecule has 0 aliphatic heterocycles. The van der Waals surface area contributed by atoms with Crippen LogP contribution in [-0.4, -0.2) is 57.0 Å². The molecule has 0 fully saturated rings. The molecule has 0 radical (unpaired) electrons. The van der Waals surface area contributed by atoms with E-state index in [9.17, 15) is 26.9 Å². The van der Waals surface area contributed by atoms with Crippen LogP contribution in [0, 0.1) is 11.3 Å². The maximum Gasteiger partial charge on any atom is 0.364 e. The normalized spacial score (nSPS) is 11.4. The lowest BCUT2D eigenvalue weighted by Crippen LogP contribution is -2.35. The molecule has 8 aromatic rings. The van der Waals surface area contributed by atoms with Crippen LogP contribution >= 0.6 is 23.2 Å². The SMILES string of the molecule is COc1ccc(Cl)c(Nc2nc3ccccc3nc2NS(=O)(=O)c2cccc(C(=O)ON(c3nc4ccccc4nc3Nc3cc(OC)ccc3Cl)S(=O)(=O)c3cccc(C#N)c3)c2)c1. The number of para-hydroxylation sites is 4. The van der Waals surface area contributed by atoms with Gasteiger partial charge in [-0.3, -0.25) is 4.72 Å². The first-order valence-electron chi connectivity index (χ1n) is 18.9. The van der Waals surface area contributed by atoms with Gasteiger partial charge in [-0.1, -0.05) is 64.1 Å². The molecular formula is C44H31Cl2N9O8S2. The highest BCUT2D eigenvalue weighted by Crippen LogP contribution is 2.37. The summed E-state index contributed by atoms with van der Waals surface area (Å²) in [4.78, 5) is 37.4. The molecular weight excluding hydrogens is 918 g/mol. The number of carbonyl (C=O) groups excluding carboxylic acids is 1. The number of nitrogens with zero attached hydrogens (tertiary/aromatic N) is 6. The van der Waals surface area contributed by atoms with Gasteiger partial charge in [-0.15, -0.1) is 0 Å². The zero-order valence-corrected chi connectivity index (χ0v) is 36.9. The molecule has 17 nitrogen and oxygen atoms in total. The number of rotatable bonds is 14. The van der Waals surface area contributed by atoms with E-state index in [1.54, 1.807) is 72.8 Å². The summed E-state index contributed by atoms with van der Waals surface area (Å²) >= 11 is 13.0. The number of carbonyl (C=O) groups is 1. The number of benzene rings is 6. The number of nitrogens with one attached hydrogen (secondary N) is 3. The van der Waals surface area contributed by atoms with Crippen molar-refractivity contribution in [2.24, 2.45) is 0 Å². The van der Waals surface area contributed by atoms with E-state index in [4.69, 9.17) is 37.5 Å². The molecule has 6 aromatic carbocycles. The maximum atomic E-state index is 14.7. The Morgan fingerprint density at radius 2 is 1.14 bits per heavy atom. The number of hydrogen-bond acceptors (Lipinski definition) is 15. The minimum Gasteiger partial charge on any atom is -0.497 e. The van der Waals surface area contributed by atoms with Crippen LogP contribution in [0.25, 0.3) is 22.1 Å². The van der Waals surface area contributed by atoms with Gasteiger partial charge in [-0.2, -0.15) is 13.7 Å². The Morgan fingerprint density at radius 1 is 0.615 bits per heavy atom. The van der Waals surface area contributed by atoms with Crippen LogP contribution in [0.4, 0.5) is 34.6 Å². The number of ether oxygens (including phenoxy) is 2. The summed E-state index contributed by atoms with van der Waals surface area (Å²) in [6, 6.07) is 34.3. The summed E-state index contributed by atoms with van der Waals surface area (Å²) in [5.41, 5.74) is 1.44. The van der Waals surface area contributed by atoms with Crippen molar-refractivity contribution < 1.29 is 35.9 Å². The van der Waals surface area contributed by atoms with Gasteiger partial charge >= 0.3 is 5.97 Å². The standard InChI is InChI=1S/C44H31Cl2N9O8S2/c1-61-28-17-19-32(45)38(23-28)51-40-41(49-35-14-4-3-13-34(35)48-40)54-64(57,58)30-11-8-10-27(22-30)44(56)63-55(65(59,60)31-12-7-9-26(21-31)25-47)43-42(50-36-15-5-6-16-37(36)53-43)52-39-24-29(62-2)18-20-33(39)46/h3-24H,1-2H3,(H,48,51)(H,49,54)(H,50,52). The van der Waals surface area contributed by atoms with Crippen molar-refractivity contribution in [3.8, 4) is 17.6 Å². The summed E-state index contributed by atoms with van der Waals surface area (Å²) in [5, 5.41) is 16.1. The molecule has 2 aromatic heterocycles. The molecule has 0 aliphatic rings. The lowest BCUT2D eigenvalue weighted by molar-refractivity contribution is 0.0525. The third kappa shape index (κ3) is 9.32. The molecule has 326 valence electrons. The van der Waals surface area contributed by atoms with Crippen molar-refractivity contribution in [1.29, 1.82) is 5.26 Å². The van der Waals surface area contributed by atoms with E-state index >= 15 is 0 Å². The van der Waals surface area contributed by atoms with Gasteiger partial charge in [-0.25, -0.2) is 33.1 Å². The summed E-state index contributed by atoms with van der Waals surface area (Å²) in [6.45, 7) is 0. The van der Waals surface area contributed by atoms with Crippen LogP contribution in [0.1, 0.15) is 15.9 Å². The predicted octanol–water partition coefficient (Wildman–Crippen LogP) is 9.02. The Balaban J connectivity index is 1.19. The fraction of sp³-hybridized carbons (Fsp3) is 0.0455. The van der Waals surface area contributed by atoms with Crippen molar-refractivity contribution in [2.75, 3.05) is 34.0 Å². The van der Waals surface area contributed by atoms with Gasteiger partial charge in [-0.05, 0) is 84.9 Å². The van der Waals surface area contributed by atoms with Crippen LogP contribution in [0.3, 0.4) is 0 Å². The van der Waals surface area contributed by atoms with Crippen molar-refractivity contribution in [1.82, 2.24) is 19.9 Å². The first-order valence-corrected chi connectivity index (χ1v) is 22.6. The quantitative estimate of drug-likeness (QED) is 0.0864. The van der Waals surface area contributed by atoms with E-state index in [0.29, 0.717) is 33.7 Å². The average molecular weight is 949 g/mol. The second-order valence-electron chi connectivity index (χ2n) is 13.6. The number of aromatic nitrogens is 4. The Labute approximate surface area is 381 Å². The van der Waals surface area contributed by atoms with E-state index in [2.05, 4.69) is 35.3 Å². The molecule has 21 heteroatoms. The third-order valence-corrected chi connectivity index (χ3v) is 12.9. The predicted molar refractivity (Wildman–Crippen MR) is 245 cm³/mol. The van der Waals surface area contributed by atoms with E-state index < -0.39 is 47.2 Å². The van der Waals surface area contributed by atoms with Crippen molar-refractivity contribution >= 4 is 106 Å². The number of halogens is 2. The van der Waals surface area contributed by atoms with Gasteiger partial charge in [0.05, 0.1) is 84.7 Å². The van der Waals surface area contributed by atoms with Gasteiger partial charge in [0.15, 0.2) is 17.5 Å². The van der Waals surface area contributed by atoms with E-state index in [1.807, 2.05) is 6.07 Å². The Hall–Kier alpha value is -7.76. The lowest BCUT2D eigenvalue weighted by atomic mass is 10.2. The molecule has 0 aliphatic carbocycles. The van der Waals surface area contributed by atoms with E-state index in [1.165, 1.54) is 62.8 Å². The number of sulfonamides is 2. The summed E-state index contributed by atoms with van der Waals surface area (Å²) in [7, 11) is -6.63. The minimum absolute atomic E-state index is 0.0181. The molecule has 65 heavy (non-hydrogen) atoms. The molecule has 0 saturated heterocycles. The van der Waals surface area contributed by atoms with Crippen molar-refractivity contribution in [3.05, 3.63) is 155 Å². The average Bonchev–Trinajstić information content (AvgIpc) is 3.32. The zero-order chi connectivity index (χ0) is 45.9. The lowest BCUT2D eigenvalue weighted by Gasteiger charge is -2.24. The number of anilines is 6. The van der Waals surface area contributed by atoms with Gasteiger partial charge in [0.1, 0.15) is 11.5 Å². The second kappa shape index (κ2) is 18.1. The highest BCUT2D eigenvalue weighted by Gasteiger charge is 2.35. The topological polar surface area (TPSA) is 228 Å². The van der Waals surface area contributed by atoms with Crippen LogP contribution in [0.2, 0.25) is 10.0 Å². The molecule has 0 bridgehead atoms. The third-order valence-electron chi connectivity index (χ3n) is 9.41. The fourth-order valence-corrected chi connectivity index (χ4v) is 8.82. The number of nitriles is 1. The highest BCUT2D eigenvalue weighted by atomic mass is 35.5. The minimum atomic E-state index is -4.96. The fourth-order valence-electron chi connectivity index (χ4n) is 6.20. The van der Waals surface area contributed by atoms with Gasteiger partial charge in [0, 0.05) is 12.1 Å². The monoisotopic (exact) mass is 947 g/mol. The van der Waals surface area contributed by atoms with Crippen LogP contribution < -0.4 is 29.3 Å². The number of hydrogen-bond donors (Lipinski definition) is 3. The van der Waals surface area contributed by atoms with E-state index in [-0.39, 0.29) is 48.7 Å². The summed E-state index contributed by atoms with van der Waals surface area (Å²) in [5.74, 6) is -1.49. The van der Waals surface area contributed by atoms with Crippen LogP contribution in [-0.2, 0) is 24.9 Å².